The second-order valence-electron chi connectivity index (χ2n) is 12.1. The van der Waals surface area contributed by atoms with Gasteiger partial charge in [0.1, 0.15) is 0 Å². The van der Waals surface area contributed by atoms with Crippen LogP contribution in [-0.2, 0) is 0 Å². The Labute approximate surface area is 268 Å². The minimum Gasteiger partial charge on any atom is -0.0622 e. The van der Waals surface area contributed by atoms with Crippen molar-refractivity contribution in [3.8, 4) is 44.5 Å². The van der Waals surface area contributed by atoms with Gasteiger partial charge in [0, 0.05) is 0 Å². The molecule has 9 aromatic carbocycles. The van der Waals surface area contributed by atoms with Crippen LogP contribution >= 0.6 is 0 Å². The van der Waals surface area contributed by atoms with Crippen LogP contribution in [-0.4, -0.2) is 0 Å². The summed E-state index contributed by atoms with van der Waals surface area (Å²) in [7, 11) is 0. The molecule has 0 nitrogen and oxygen atoms in total. The van der Waals surface area contributed by atoms with Crippen LogP contribution in [0.3, 0.4) is 0 Å². The van der Waals surface area contributed by atoms with Gasteiger partial charge in [-0.2, -0.15) is 0 Å². The summed E-state index contributed by atoms with van der Waals surface area (Å²) < 4.78 is 0. The van der Waals surface area contributed by atoms with E-state index in [9.17, 15) is 0 Å². The third-order valence-electron chi connectivity index (χ3n) is 9.45. The van der Waals surface area contributed by atoms with Gasteiger partial charge in [0.15, 0.2) is 0 Å². The van der Waals surface area contributed by atoms with Gasteiger partial charge in [-0.25, -0.2) is 0 Å². The minimum atomic E-state index is 1.23. The van der Waals surface area contributed by atoms with Crippen molar-refractivity contribution in [2.45, 2.75) is 0 Å². The molecule has 9 rings (SSSR count). The van der Waals surface area contributed by atoms with E-state index in [1.807, 2.05) is 0 Å². The van der Waals surface area contributed by atoms with Gasteiger partial charge in [-0.1, -0.05) is 170 Å². The van der Waals surface area contributed by atoms with Crippen molar-refractivity contribution in [3.63, 3.8) is 0 Å². The van der Waals surface area contributed by atoms with Gasteiger partial charge in [0.2, 0.25) is 0 Å². The topological polar surface area (TPSA) is 0 Å². The maximum atomic E-state index is 2.38. The van der Waals surface area contributed by atoms with E-state index in [0.717, 1.165) is 0 Å². The monoisotopic (exact) mass is 582 g/mol. The van der Waals surface area contributed by atoms with Crippen LogP contribution < -0.4 is 0 Å². The Hall–Kier alpha value is -5.98. The molecule has 0 aliphatic carbocycles. The molecule has 0 N–H and O–H groups in total. The Morgan fingerprint density at radius 3 is 1.39 bits per heavy atom. The fraction of sp³-hybridized carbons (Fsp3) is 0. The highest BCUT2D eigenvalue weighted by Gasteiger charge is 2.19. The zero-order chi connectivity index (χ0) is 30.5. The molecule has 0 unspecified atom stereocenters. The van der Waals surface area contributed by atoms with Gasteiger partial charge in [-0.05, 0) is 99.7 Å². The van der Waals surface area contributed by atoms with E-state index in [-0.39, 0.29) is 0 Å². The molecule has 0 bridgehead atoms. The molecule has 0 saturated heterocycles. The third-order valence-corrected chi connectivity index (χ3v) is 9.45. The average Bonchev–Trinajstić information content (AvgIpc) is 3.14. The lowest BCUT2D eigenvalue weighted by Gasteiger charge is -2.20. The first-order valence-electron chi connectivity index (χ1n) is 15.9. The van der Waals surface area contributed by atoms with Gasteiger partial charge in [-0.3, -0.25) is 0 Å². The van der Waals surface area contributed by atoms with E-state index in [2.05, 4.69) is 182 Å². The van der Waals surface area contributed by atoms with Crippen molar-refractivity contribution in [2.75, 3.05) is 0 Å². The molecular weight excluding hydrogens is 553 g/mol. The molecule has 46 heavy (non-hydrogen) atoms. The van der Waals surface area contributed by atoms with Gasteiger partial charge < -0.3 is 0 Å². The van der Waals surface area contributed by atoms with Gasteiger partial charge in [-0.15, -0.1) is 0 Å². The molecule has 0 fully saturated rings. The molecule has 0 heterocycles. The lowest BCUT2D eigenvalue weighted by atomic mass is 9.83. The van der Waals surface area contributed by atoms with Gasteiger partial charge >= 0.3 is 0 Å². The van der Waals surface area contributed by atoms with Gasteiger partial charge in [0.05, 0.1) is 0 Å². The molecule has 0 aromatic heterocycles. The highest BCUT2D eigenvalue weighted by molar-refractivity contribution is 6.23. The first-order valence-corrected chi connectivity index (χ1v) is 15.9. The summed E-state index contributed by atoms with van der Waals surface area (Å²) in [6.07, 6.45) is 0. The van der Waals surface area contributed by atoms with Crippen molar-refractivity contribution in [1.82, 2.24) is 0 Å². The quantitative estimate of drug-likeness (QED) is 0.143. The maximum Gasteiger partial charge on any atom is -0.00201 e. The molecule has 0 aliphatic rings. The number of hydrogen-bond acceptors (Lipinski definition) is 0. The summed E-state index contributed by atoms with van der Waals surface area (Å²) in [5, 5.41) is 10.2. The second-order valence-corrected chi connectivity index (χ2v) is 12.1. The Balaban J connectivity index is 1.30. The predicted octanol–water partition coefficient (Wildman–Crippen LogP) is 13.0. The summed E-state index contributed by atoms with van der Waals surface area (Å²) in [6, 6.07) is 66.5. The number of rotatable bonds is 4. The SMILES string of the molecule is c1ccc(-c2ccc3ccc4cc(-c5c6ccccc6c(-c6ccccc6-c6ccccc6)c6ccccc56)ccc4c3c2)cc1. The maximum absolute atomic E-state index is 2.38. The molecule has 0 saturated carbocycles. The number of fused-ring (bicyclic) bond motifs is 5. The molecule has 0 heteroatoms. The van der Waals surface area contributed by atoms with Crippen LogP contribution in [0.5, 0.6) is 0 Å². The molecule has 9 aromatic rings. The van der Waals surface area contributed by atoms with Crippen molar-refractivity contribution in [2.24, 2.45) is 0 Å². The first-order chi connectivity index (χ1) is 22.8. The van der Waals surface area contributed by atoms with E-state index < -0.39 is 0 Å². The smallest absolute Gasteiger partial charge is 0.00201 e. The fourth-order valence-electron chi connectivity index (χ4n) is 7.33. The summed E-state index contributed by atoms with van der Waals surface area (Å²) in [5.74, 6) is 0. The van der Waals surface area contributed by atoms with Crippen molar-refractivity contribution in [3.05, 3.63) is 182 Å². The van der Waals surface area contributed by atoms with Gasteiger partial charge in [0.25, 0.3) is 0 Å². The van der Waals surface area contributed by atoms with Crippen LogP contribution in [0.2, 0.25) is 0 Å². The zero-order valence-electron chi connectivity index (χ0n) is 25.3. The highest BCUT2D eigenvalue weighted by Crippen LogP contribution is 2.46. The molecule has 0 radical (unpaired) electrons. The molecular formula is C46H30. The summed E-state index contributed by atoms with van der Waals surface area (Å²) >= 11 is 0. The Morgan fingerprint density at radius 2 is 0.717 bits per heavy atom. The van der Waals surface area contributed by atoms with Crippen LogP contribution in [0.25, 0.3) is 87.6 Å². The van der Waals surface area contributed by atoms with Crippen LogP contribution in [0.4, 0.5) is 0 Å². The molecule has 0 spiro atoms. The van der Waals surface area contributed by atoms with E-state index in [4.69, 9.17) is 0 Å². The van der Waals surface area contributed by atoms with Crippen molar-refractivity contribution >= 4 is 43.1 Å². The largest absolute Gasteiger partial charge is 0.0622 e. The van der Waals surface area contributed by atoms with Crippen LogP contribution in [0.15, 0.2) is 182 Å². The summed E-state index contributed by atoms with van der Waals surface area (Å²) in [6.45, 7) is 0. The average molecular weight is 583 g/mol. The zero-order valence-corrected chi connectivity index (χ0v) is 25.3. The van der Waals surface area contributed by atoms with Crippen molar-refractivity contribution < 1.29 is 0 Å². The summed E-state index contributed by atoms with van der Waals surface area (Å²) in [5.41, 5.74) is 10.0. The molecule has 0 atom stereocenters. The minimum absolute atomic E-state index is 1.23. The van der Waals surface area contributed by atoms with E-state index in [0.29, 0.717) is 0 Å². The Kier molecular flexibility index (Phi) is 6.25. The summed E-state index contributed by atoms with van der Waals surface area (Å²) in [4.78, 5) is 0. The molecule has 0 amide bonds. The standard InChI is InChI=1S/C46H30/c1-3-13-31(14-4-1)34-25-23-33-24-26-35-29-36(27-28-38(35)44(33)30-34)45-40-19-9-11-21-42(40)46(43-22-12-10-20-41(43)45)39-18-8-7-17-37(39)32-15-5-2-6-16-32/h1-30H. The second kappa shape index (κ2) is 10.9. The fourth-order valence-corrected chi connectivity index (χ4v) is 7.33. The lowest BCUT2D eigenvalue weighted by Crippen LogP contribution is -1.92. The van der Waals surface area contributed by atoms with Crippen molar-refractivity contribution in [1.29, 1.82) is 0 Å². The Morgan fingerprint density at radius 1 is 0.217 bits per heavy atom. The van der Waals surface area contributed by atoms with Crippen LogP contribution in [0.1, 0.15) is 0 Å². The lowest BCUT2D eigenvalue weighted by molar-refractivity contribution is 1.61. The van der Waals surface area contributed by atoms with E-state index in [1.54, 1.807) is 0 Å². The predicted molar refractivity (Wildman–Crippen MR) is 198 cm³/mol. The third kappa shape index (κ3) is 4.30. The number of hydrogen-bond donors (Lipinski definition) is 0. The van der Waals surface area contributed by atoms with E-state index in [1.165, 1.54) is 87.6 Å². The molecule has 0 aliphatic heterocycles. The van der Waals surface area contributed by atoms with E-state index >= 15 is 0 Å². The van der Waals surface area contributed by atoms with Crippen LogP contribution in [0, 0.1) is 0 Å². The first kappa shape index (κ1) is 26.4. The normalized spacial score (nSPS) is 11.5. The molecule has 214 valence electrons. The highest BCUT2D eigenvalue weighted by atomic mass is 14.2. The number of benzene rings is 9. The Bertz CT molecular complexity index is 2500.